The van der Waals surface area contributed by atoms with Crippen LogP contribution in [0, 0.1) is 0 Å². The maximum absolute atomic E-state index is 12.2. The van der Waals surface area contributed by atoms with Gasteiger partial charge in [0.1, 0.15) is 0 Å². The smallest absolute Gasteiger partial charge is 0.225 e. The summed E-state index contributed by atoms with van der Waals surface area (Å²) < 4.78 is 0. The van der Waals surface area contributed by atoms with Crippen LogP contribution in [0.4, 0.5) is 0 Å². The molecule has 0 unspecified atom stereocenters. The fourth-order valence-corrected chi connectivity index (χ4v) is 2.70. The molecule has 3 rings (SSSR count). The lowest BCUT2D eigenvalue weighted by atomic mass is 10.0. The summed E-state index contributed by atoms with van der Waals surface area (Å²) in [6.45, 7) is 0. The van der Waals surface area contributed by atoms with E-state index in [0.717, 1.165) is 24.0 Å². The molecular formula is C16H14Cl2N2O. The number of nitrogens with one attached hydrogen (secondary N) is 1. The van der Waals surface area contributed by atoms with Crippen molar-refractivity contribution in [3.8, 4) is 0 Å². The Morgan fingerprint density at radius 1 is 1.24 bits per heavy atom. The van der Waals surface area contributed by atoms with Crippen LogP contribution < -0.4 is 5.32 Å². The molecular weight excluding hydrogens is 307 g/mol. The summed E-state index contributed by atoms with van der Waals surface area (Å²) in [5.41, 5.74) is 1.63. The molecule has 0 aliphatic heterocycles. The highest BCUT2D eigenvalue weighted by molar-refractivity contribution is 6.42. The molecule has 0 saturated heterocycles. The van der Waals surface area contributed by atoms with Gasteiger partial charge in [0.25, 0.3) is 0 Å². The summed E-state index contributed by atoms with van der Waals surface area (Å²) in [5.74, 6) is -0.00780. The minimum Gasteiger partial charge on any atom is -0.346 e. The van der Waals surface area contributed by atoms with Crippen molar-refractivity contribution in [2.24, 2.45) is 0 Å². The lowest BCUT2D eigenvalue weighted by molar-refractivity contribution is -0.121. The van der Waals surface area contributed by atoms with Crippen LogP contribution in [0.3, 0.4) is 0 Å². The fraction of sp³-hybridized carbons (Fsp3) is 0.250. The number of nitrogens with zero attached hydrogens (tertiary/aromatic N) is 1. The monoisotopic (exact) mass is 320 g/mol. The Balaban J connectivity index is 1.71. The van der Waals surface area contributed by atoms with Crippen LogP contribution in [0.5, 0.6) is 0 Å². The van der Waals surface area contributed by atoms with Gasteiger partial charge in [0, 0.05) is 12.4 Å². The molecule has 3 nitrogen and oxygen atoms in total. The number of benzene rings is 1. The normalized spacial score (nSPS) is 15.5. The Hall–Kier alpha value is -1.58. The number of pyridine rings is 1. The van der Waals surface area contributed by atoms with Crippen molar-refractivity contribution in [2.75, 3.05) is 0 Å². The molecule has 1 aromatic carbocycles. The molecule has 1 saturated carbocycles. The zero-order valence-corrected chi connectivity index (χ0v) is 12.8. The Morgan fingerprint density at radius 3 is 2.67 bits per heavy atom. The molecule has 5 heteroatoms. The van der Waals surface area contributed by atoms with Crippen molar-refractivity contribution < 1.29 is 4.79 Å². The van der Waals surface area contributed by atoms with Crippen molar-refractivity contribution >= 4 is 29.1 Å². The van der Waals surface area contributed by atoms with Crippen LogP contribution in [-0.4, -0.2) is 10.9 Å². The van der Waals surface area contributed by atoms with Crippen LogP contribution >= 0.6 is 23.2 Å². The molecule has 1 aromatic heterocycles. The number of hydrogen-bond donors (Lipinski definition) is 1. The molecule has 0 spiro atoms. The van der Waals surface area contributed by atoms with Gasteiger partial charge in [0.05, 0.1) is 22.0 Å². The van der Waals surface area contributed by atoms with E-state index >= 15 is 0 Å². The van der Waals surface area contributed by atoms with E-state index in [2.05, 4.69) is 10.3 Å². The maximum atomic E-state index is 12.2. The van der Waals surface area contributed by atoms with Crippen LogP contribution in [0.25, 0.3) is 0 Å². The van der Waals surface area contributed by atoms with Gasteiger partial charge in [0.15, 0.2) is 0 Å². The average Bonchev–Trinajstić information content (AvgIpc) is 3.23. The van der Waals surface area contributed by atoms with Gasteiger partial charge in [-0.2, -0.15) is 0 Å². The maximum Gasteiger partial charge on any atom is 0.225 e. The topological polar surface area (TPSA) is 42.0 Å². The molecule has 21 heavy (non-hydrogen) atoms. The van der Waals surface area contributed by atoms with Gasteiger partial charge in [-0.05, 0) is 42.2 Å². The van der Waals surface area contributed by atoms with Crippen LogP contribution in [-0.2, 0) is 16.8 Å². The fourth-order valence-electron chi connectivity index (χ4n) is 2.40. The molecule has 1 aliphatic rings. The summed E-state index contributed by atoms with van der Waals surface area (Å²) in [7, 11) is 0. The van der Waals surface area contributed by atoms with E-state index in [4.69, 9.17) is 23.2 Å². The van der Waals surface area contributed by atoms with Crippen molar-refractivity contribution in [3.63, 3.8) is 0 Å². The van der Waals surface area contributed by atoms with E-state index in [9.17, 15) is 4.79 Å². The molecule has 0 bridgehead atoms. The van der Waals surface area contributed by atoms with Crippen LogP contribution in [0.1, 0.15) is 24.0 Å². The molecule has 1 fully saturated rings. The number of amides is 1. The molecule has 1 N–H and O–H groups in total. The first-order valence-electron chi connectivity index (χ1n) is 6.74. The Labute approximate surface area is 133 Å². The Bertz CT molecular complexity index is 669. The number of hydrogen-bond acceptors (Lipinski definition) is 2. The van der Waals surface area contributed by atoms with E-state index in [1.807, 2.05) is 24.3 Å². The standard InChI is InChI=1S/C16H14Cl2N2O/c17-13-4-3-12(9-14(13)18)16(5-6-16)20-15(21)8-11-2-1-7-19-10-11/h1-4,7,9-10H,5-6,8H2,(H,20,21). The number of aromatic nitrogens is 1. The second kappa shape index (κ2) is 5.66. The van der Waals surface area contributed by atoms with E-state index in [1.165, 1.54) is 0 Å². The van der Waals surface area contributed by atoms with Gasteiger partial charge in [-0.25, -0.2) is 0 Å². The second-order valence-corrected chi connectivity index (χ2v) is 6.11. The molecule has 0 radical (unpaired) electrons. The number of carbonyl (C=O) groups excluding carboxylic acids is 1. The Morgan fingerprint density at radius 2 is 2.05 bits per heavy atom. The molecule has 1 aliphatic carbocycles. The Kier molecular flexibility index (Phi) is 3.87. The highest BCUT2D eigenvalue weighted by Crippen LogP contribution is 2.46. The van der Waals surface area contributed by atoms with E-state index in [0.29, 0.717) is 16.5 Å². The number of halogens is 2. The molecule has 108 valence electrons. The van der Waals surface area contributed by atoms with Gasteiger partial charge in [0.2, 0.25) is 5.91 Å². The van der Waals surface area contributed by atoms with Crippen molar-refractivity contribution in [1.82, 2.24) is 10.3 Å². The van der Waals surface area contributed by atoms with Crippen molar-refractivity contribution in [2.45, 2.75) is 24.8 Å². The van der Waals surface area contributed by atoms with Gasteiger partial charge in [-0.3, -0.25) is 9.78 Å². The summed E-state index contributed by atoms with van der Waals surface area (Å²) in [5, 5.41) is 4.15. The van der Waals surface area contributed by atoms with E-state index in [-0.39, 0.29) is 11.4 Å². The highest BCUT2D eigenvalue weighted by Gasteiger charge is 2.45. The van der Waals surface area contributed by atoms with Crippen LogP contribution in [0.15, 0.2) is 42.7 Å². The zero-order chi connectivity index (χ0) is 14.9. The zero-order valence-electron chi connectivity index (χ0n) is 11.3. The van der Waals surface area contributed by atoms with Gasteiger partial charge in [-0.15, -0.1) is 0 Å². The summed E-state index contributed by atoms with van der Waals surface area (Å²) in [6, 6.07) is 9.25. The predicted octanol–water partition coefficient (Wildman–Crippen LogP) is 3.74. The first-order valence-corrected chi connectivity index (χ1v) is 7.50. The minimum atomic E-state index is -0.284. The summed E-state index contributed by atoms with van der Waals surface area (Å²) in [4.78, 5) is 16.2. The molecule has 1 amide bonds. The number of rotatable bonds is 4. The highest BCUT2D eigenvalue weighted by atomic mass is 35.5. The quantitative estimate of drug-likeness (QED) is 0.932. The number of carbonyl (C=O) groups is 1. The first-order chi connectivity index (χ1) is 10.1. The second-order valence-electron chi connectivity index (χ2n) is 5.30. The minimum absolute atomic E-state index is 0.00780. The third-order valence-electron chi connectivity index (χ3n) is 3.69. The summed E-state index contributed by atoms with van der Waals surface area (Å²) in [6.07, 6.45) is 5.57. The third-order valence-corrected chi connectivity index (χ3v) is 4.43. The van der Waals surface area contributed by atoms with E-state index < -0.39 is 0 Å². The molecule has 1 heterocycles. The molecule has 2 aromatic rings. The van der Waals surface area contributed by atoms with Gasteiger partial charge < -0.3 is 5.32 Å². The predicted molar refractivity (Wildman–Crippen MR) is 83.5 cm³/mol. The van der Waals surface area contributed by atoms with Crippen LogP contribution in [0.2, 0.25) is 10.0 Å². The van der Waals surface area contributed by atoms with Gasteiger partial charge in [-0.1, -0.05) is 35.3 Å². The lowest BCUT2D eigenvalue weighted by Gasteiger charge is -2.18. The first kappa shape index (κ1) is 14.4. The third kappa shape index (κ3) is 3.20. The average molecular weight is 321 g/mol. The largest absolute Gasteiger partial charge is 0.346 e. The van der Waals surface area contributed by atoms with Crippen molar-refractivity contribution in [3.05, 3.63) is 63.9 Å². The van der Waals surface area contributed by atoms with E-state index in [1.54, 1.807) is 18.5 Å². The lowest BCUT2D eigenvalue weighted by Crippen LogP contribution is -2.35. The molecule has 0 atom stereocenters. The van der Waals surface area contributed by atoms with Gasteiger partial charge >= 0.3 is 0 Å². The SMILES string of the molecule is O=C(Cc1cccnc1)NC1(c2ccc(Cl)c(Cl)c2)CC1. The summed E-state index contributed by atoms with van der Waals surface area (Å²) >= 11 is 12.0. The van der Waals surface area contributed by atoms with Crippen molar-refractivity contribution in [1.29, 1.82) is 0 Å².